The normalized spacial score (nSPS) is 21.2. The van der Waals surface area contributed by atoms with E-state index in [4.69, 9.17) is 4.98 Å². The lowest BCUT2D eigenvalue weighted by atomic mass is 9.76. The monoisotopic (exact) mass is 1060 g/mol. The first-order chi connectivity index (χ1) is 34.5. The Morgan fingerprint density at radius 2 is 1.69 bits per heavy atom. The van der Waals surface area contributed by atoms with Crippen LogP contribution in [0.1, 0.15) is 146 Å². The number of aliphatic hydroxyl groups excluding tert-OH is 1. The number of Topliss-reactive ketones (excluding diaryl/α,β-unsaturated/α-hetero) is 1. The van der Waals surface area contributed by atoms with Crippen molar-refractivity contribution in [3.63, 3.8) is 0 Å². The van der Waals surface area contributed by atoms with Crippen molar-refractivity contribution in [3.05, 3.63) is 97.8 Å². The van der Waals surface area contributed by atoms with E-state index in [9.17, 15) is 28.7 Å². The van der Waals surface area contributed by atoms with Gasteiger partial charge in [-0.15, -0.1) is 11.3 Å². The summed E-state index contributed by atoms with van der Waals surface area (Å²) >= 11 is 5.22. The fourth-order valence-electron chi connectivity index (χ4n) is 12.0. The average molecular weight is 1060 g/mol. The van der Waals surface area contributed by atoms with E-state index in [-0.39, 0.29) is 49.7 Å². The fraction of sp³-hybridized carbons (Fsp3) is 0.544. The molecule has 2 aliphatic heterocycles. The Kier molecular flexibility index (Phi) is 14.4. The van der Waals surface area contributed by atoms with Gasteiger partial charge >= 0.3 is 0 Å². The molecule has 0 unspecified atom stereocenters. The third kappa shape index (κ3) is 10.2. The maximum atomic E-state index is 14.9. The van der Waals surface area contributed by atoms with Crippen molar-refractivity contribution in [2.45, 2.75) is 154 Å². The lowest BCUT2D eigenvalue weighted by Gasteiger charge is -2.35. The molecule has 2 amide bonds. The number of β-amino-alcohol motifs (C(OH)–C–C–N with tert-alkyl or cyclic N) is 1. The number of nitrogens with zero attached hydrogens (tertiary/aromatic N) is 6. The van der Waals surface area contributed by atoms with E-state index in [1.54, 1.807) is 11.3 Å². The van der Waals surface area contributed by atoms with Gasteiger partial charge in [0.15, 0.2) is 11.5 Å². The topological polar surface area (TPSA) is 142 Å². The maximum absolute atomic E-state index is 14.9. The van der Waals surface area contributed by atoms with Gasteiger partial charge in [-0.2, -0.15) is 4.98 Å². The van der Waals surface area contributed by atoms with E-state index < -0.39 is 40.8 Å². The molecule has 2 saturated carbocycles. The zero-order chi connectivity index (χ0) is 50.6. The van der Waals surface area contributed by atoms with Gasteiger partial charge in [-0.25, -0.2) is 9.37 Å². The molecule has 3 aromatic carbocycles. The van der Waals surface area contributed by atoms with Crippen LogP contribution in [0.3, 0.4) is 0 Å². The van der Waals surface area contributed by atoms with Gasteiger partial charge in [0.1, 0.15) is 6.04 Å². The van der Waals surface area contributed by atoms with E-state index in [0.717, 1.165) is 107 Å². The number of carbonyl (C=O) groups is 3. The summed E-state index contributed by atoms with van der Waals surface area (Å²) in [5.74, 6) is -0.561. The number of halogens is 2. The molecule has 72 heavy (non-hydrogen) atoms. The number of alkyl halides is 1. The summed E-state index contributed by atoms with van der Waals surface area (Å²) in [4.78, 5) is 69.5. The fourth-order valence-corrected chi connectivity index (χ4v) is 13.3. The van der Waals surface area contributed by atoms with E-state index >= 15 is 0 Å². The van der Waals surface area contributed by atoms with Crippen LogP contribution in [-0.4, -0.2) is 95.4 Å². The first kappa shape index (κ1) is 50.7. The number of aromatic nitrogens is 4. The first-order valence-electron chi connectivity index (χ1n) is 26.4. The van der Waals surface area contributed by atoms with Crippen molar-refractivity contribution >= 4 is 72.6 Å². The zero-order valence-electron chi connectivity index (χ0n) is 42.3. The highest BCUT2D eigenvalue weighted by molar-refractivity contribution is 9.10. The highest BCUT2D eigenvalue weighted by Gasteiger charge is 2.53. The van der Waals surface area contributed by atoms with Gasteiger partial charge in [0.05, 0.1) is 50.2 Å². The number of rotatable bonds is 16. The van der Waals surface area contributed by atoms with Crippen LogP contribution >= 0.6 is 27.3 Å². The number of benzene rings is 3. The summed E-state index contributed by atoms with van der Waals surface area (Å²) in [6.45, 7) is 12.9. The summed E-state index contributed by atoms with van der Waals surface area (Å²) in [6, 6.07) is 20.2. The lowest BCUT2D eigenvalue weighted by molar-refractivity contribution is -0.147. The zero-order valence-corrected chi connectivity index (χ0v) is 44.7. The smallest absolute Gasteiger partial charge is 0.283 e. The van der Waals surface area contributed by atoms with Gasteiger partial charge in [-0.05, 0) is 158 Å². The molecule has 4 aliphatic rings. The number of aryl methyl sites for hydroxylation is 1. The van der Waals surface area contributed by atoms with Crippen LogP contribution in [0.2, 0.25) is 0 Å². The molecule has 10 rings (SSSR count). The van der Waals surface area contributed by atoms with Crippen LogP contribution < -0.4 is 10.9 Å². The number of thiazole rings is 1. The number of ketones is 1. The Hall–Kier alpha value is -4.83. The standard InChI is InChI=1S/C57H69BrFN7O5S/c1-34(21-26-63-27-22-36(23-28-63)39-18-20-45-47(29-39)65(40-9-6-7-10-40)55-62-53(70)50-43(58)11-8-12-46(50)66(45)55)13-19-44(37-14-16-38(17-15-37)51-35(2)60-33-72-51)61-52(69)48-30-41(67)32-64(48)54(71)42(56(3,4)5)31-49(68)57(59)24-25-57/h8,11-12,14-18,20,29,33-34,36,40-42,44,48,67H,6-7,9-10,13,19,21-28,30-32H2,1-5H3,(H,61,69)/t34-,41+,42+,44-,48-/m0/s1. The highest BCUT2D eigenvalue weighted by Crippen LogP contribution is 2.45. The molecule has 5 heterocycles. The lowest BCUT2D eigenvalue weighted by Crippen LogP contribution is -2.51. The molecule has 382 valence electrons. The minimum atomic E-state index is -1.85. The number of fused-ring (bicyclic) bond motifs is 5. The molecule has 0 bridgehead atoms. The van der Waals surface area contributed by atoms with E-state index in [1.807, 2.05) is 51.4 Å². The van der Waals surface area contributed by atoms with Gasteiger partial charge in [0.2, 0.25) is 17.6 Å². The summed E-state index contributed by atoms with van der Waals surface area (Å²) in [6.07, 6.45) is 8.58. The number of nitrogens with one attached hydrogen (secondary N) is 1. The van der Waals surface area contributed by atoms with E-state index in [0.29, 0.717) is 29.7 Å². The first-order valence-corrected chi connectivity index (χ1v) is 28.0. The third-order valence-corrected chi connectivity index (χ3v) is 18.3. The summed E-state index contributed by atoms with van der Waals surface area (Å²) < 4.78 is 20.2. The van der Waals surface area contributed by atoms with Crippen molar-refractivity contribution in [3.8, 4) is 10.4 Å². The van der Waals surface area contributed by atoms with Crippen molar-refractivity contribution in [1.29, 1.82) is 0 Å². The second-order valence-electron chi connectivity index (χ2n) is 22.7. The van der Waals surface area contributed by atoms with Gasteiger partial charge in [-0.3, -0.25) is 23.6 Å². The Labute approximate surface area is 433 Å². The summed E-state index contributed by atoms with van der Waals surface area (Å²) in [5, 5.41) is 14.8. The second kappa shape index (κ2) is 20.5. The Balaban J connectivity index is 0.801. The Morgan fingerprint density at radius 3 is 2.38 bits per heavy atom. The number of likely N-dealkylation sites (tertiary alicyclic amines) is 2. The molecule has 0 spiro atoms. The predicted molar refractivity (Wildman–Crippen MR) is 286 cm³/mol. The molecule has 4 fully saturated rings. The minimum Gasteiger partial charge on any atom is -0.391 e. The SMILES string of the molecule is Cc1ncsc1-c1ccc([C@H](CC[C@H](C)CCN2CCC(c3ccc4c(c3)n(C3CCCC3)c3nc(=O)c5c(Br)cccc5n43)CC2)NC(=O)[C@@H]2C[C@@H](O)CN2C(=O)[C@@H](CC(=O)C2(F)CC2)C(C)(C)C)cc1. The number of imidazole rings is 1. The second-order valence-corrected chi connectivity index (χ2v) is 24.4. The molecular weight excluding hydrogens is 994 g/mol. The number of hydrogen-bond donors (Lipinski definition) is 2. The molecule has 3 aromatic heterocycles. The van der Waals surface area contributed by atoms with Crippen LogP contribution in [0.15, 0.2) is 75.4 Å². The molecule has 2 saturated heterocycles. The van der Waals surface area contributed by atoms with Crippen LogP contribution in [0, 0.1) is 24.2 Å². The van der Waals surface area contributed by atoms with Gasteiger partial charge in [-0.1, -0.05) is 76.9 Å². The van der Waals surface area contributed by atoms with Gasteiger partial charge in [0.25, 0.3) is 5.56 Å². The van der Waals surface area contributed by atoms with Crippen LogP contribution in [0.5, 0.6) is 0 Å². The van der Waals surface area contributed by atoms with Crippen molar-refractivity contribution in [2.75, 3.05) is 26.2 Å². The van der Waals surface area contributed by atoms with Crippen LogP contribution in [0.4, 0.5) is 4.39 Å². The number of aliphatic hydroxyl groups is 1. The quantitative estimate of drug-likeness (QED) is 0.0976. The van der Waals surface area contributed by atoms with Gasteiger partial charge < -0.3 is 24.8 Å². The number of hydrogen-bond acceptors (Lipinski definition) is 9. The maximum Gasteiger partial charge on any atom is 0.283 e. The highest BCUT2D eigenvalue weighted by atomic mass is 79.9. The van der Waals surface area contributed by atoms with E-state index in [2.05, 4.69) is 89.5 Å². The molecule has 12 nitrogen and oxygen atoms in total. The molecule has 15 heteroatoms. The van der Waals surface area contributed by atoms with Crippen molar-refractivity contribution in [1.82, 2.24) is 34.1 Å². The van der Waals surface area contributed by atoms with Crippen molar-refractivity contribution < 1.29 is 23.9 Å². The van der Waals surface area contributed by atoms with Gasteiger partial charge in [0, 0.05) is 35.8 Å². The van der Waals surface area contributed by atoms with Crippen LogP contribution in [0.25, 0.3) is 38.2 Å². The minimum absolute atomic E-state index is 0.0153. The molecule has 0 radical (unpaired) electrons. The molecule has 2 aliphatic carbocycles. The van der Waals surface area contributed by atoms with E-state index in [1.165, 1.54) is 23.3 Å². The third-order valence-electron chi connectivity index (χ3n) is 16.6. The van der Waals surface area contributed by atoms with Crippen LogP contribution in [-0.2, 0) is 14.4 Å². The molecule has 2 N–H and O–H groups in total. The molecule has 5 atom stereocenters. The predicted octanol–water partition coefficient (Wildman–Crippen LogP) is 11.0. The Morgan fingerprint density at radius 1 is 0.958 bits per heavy atom. The summed E-state index contributed by atoms with van der Waals surface area (Å²) in [5.41, 5.74) is 6.59. The molecular formula is C57H69BrFN7O5S. The largest absolute Gasteiger partial charge is 0.391 e. The summed E-state index contributed by atoms with van der Waals surface area (Å²) in [7, 11) is 0. The molecule has 6 aromatic rings. The number of carbonyl (C=O) groups excluding carboxylic acids is 3. The number of piperidine rings is 1. The average Bonchev–Trinajstić information content (AvgIpc) is 3.81. The Bertz CT molecular complexity index is 3050. The number of amides is 2. The van der Waals surface area contributed by atoms with Crippen molar-refractivity contribution in [2.24, 2.45) is 17.3 Å².